The number of likely N-dealkylation sites (tertiary alicyclic amines) is 1. The number of aromatic nitrogens is 2. The Hall–Kier alpha value is -3.90. The van der Waals surface area contributed by atoms with E-state index >= 15 is 0 Å². The Kier molecular flexibility index (Phi) is 11.4. The molecule has 3 aliphatic carbocycles. The van der Waals surface area contributed by atoms with E-state index in [0.29, 0.717) is 25.3 Å². The molecule has 0 aromatic carbocycles. The normalized spacial score (nSPS) is 24.0. The van der Waals surface area contributed by atoms with E-state index in [0.717, 1.165) is 63.5 Å². The second kappa shape index (κ2) is 15.3. The highest BCUT2D eigenvalue weighted by Gasteiger charge is 2.52. The average Bonchev–Trinajstić information content (AvgIpc) is 3.41. The summed E-state index contributed by atoms with van der Waals surface area (Å²) in [5, 5.41) is 11.1. The third-order valence-corrected chi connectivity index (χ3v) is 10.6. The number of Topliss-reactive ketones (excluding diaryl/α,β-unsaturated/α-hetero) is 1. The fourth-order valence-corrected chi connectivity index (χ4v) is 7.63. The van der Waals surface area contributed by atoms with Crippen molar-refractivity contribution in [3.8, 4) is 0 Å². The number of carbonyl (C=O) groups is 6. The number of carbonyl (C=O) groups excluding carboxylic acids is 6. The summed E-state index contributed by atoms with van der Waals surface area (Å²) in [5.74, 6) is -2.91. The van der Waals surface area contributed by atoms with Gasteiger partial charge in [0, 0.05) is 24.7 Å². The van der Waals surface area contributed by atoms with Crippen LogP contribution in [0.15, 0.2) is 12.4 Å². The number of hydrogen-bond acceptors (Lipinski definition) is 8. The number of nitrogens with zero attached hydrogens (tertiary/aromatic N) is 3. The van der Waals surface area contributed by atoms with Crippen molar-refractivity contribution in [3.05, 3.63) is 23.8 Å². The van der Waals surface area contributed by atoms with Gasteiger partial charge in [0.25, 0.3) is 11.8 Å². The largest absolute Gasteiger partial charge is 0.347 e. The van der Waals surface area contributed by atoms with Crippen LogP contribution in [0.4, 0.5) is 0 Å². The van der Waals surface area contributed by atoms with Gasteiger partial charge in [0.05, 0.1) is 17.9 Å². The van der Waals surface area contributed by atoms with E-state index in [-0.39, 0.29) is 23.6 Å². The maximum atomic E-state index is 14.4. The average molecular weight is 680 g/mol. The summed E-state index contributed by atoms with van der Waals surface area (Å²) in [7, 11) is 0. The van der Waals surface area contributed by atoms with Crippen LogP contribution in [0.1, 0.15) is 127 Å². The first kappa shape index (κ1) is 36.4. The zero-order chi connectivity index (χ0) is 35.5. The quantitative estimate of drug-likeness (QED) is 0.230. The number of nitrogens with one attached hydrogen (secondary N) is 4. The first-order chi connectivity index (χ1) is 23.3. The predicted octanol–water partition coefficient (Wildman–Crippen LogP) is 2.54. The molecule has 4 N–H and O–H groups in total. The lowest BCUT2D eigenvalue weighted by atomic mass is 9.85. The summed E-state index contributed by atoms with van der Waals surface area (Å²) in [4.78, 5) is 90.7. The maximum absolute atomic E-state index is 14.4. The lowest BCUT2D eigenvalue weighted by molar-refractivity contribution is -0.146. The van der Waals surface area contributed by atoms with Crippen LogP contribution in [0.5, 0.6) is 0 Å². The Morgan fingerprint density at radius 1 is 0.898 bits per heavy atom. The van der Waals surface area contributed by atoms with Crippen LogP contribution in [-0.2, 0) is 24.0 Å². The summed E-state index contributed by atoms with van der Waals surface area (Å²) < 4.78 is 0. The molecule has 2 heterocycles. The molecule has 1 aromatic heterocycles. The van der Waals surface area contributed by atoms with E-state index in [1.807, 2.05) is 27.7 Å². The van der Waals surface area contributed by atoms with Crippen LogP contribution in [-0.4, -0.2) is 86.9 Å². The summed E-state index contributed by atoms with van der Waals surface area (Å²) in [5.41, 5.74) is 0.237. The highest BCUT2D eigenvalue weighted by Crippen LogP contribution is 2.43. The van der Waals surface area contributed by atoms with E-state index in [1.165, 1.54) is 6.20 Å². The number of hydrogen-bond donors (Lipinski definition) is 4. The topological polar surface area (TPSA) is 180 Å². The van der Waals surface area contributed by atoms with Gasteiger partial charge in [-0.25, -0.2) is 4.98 Å². The smallest absolute Gasteiger partial charge is 0.289 e. The monoisotopic (exact) mass is 679 g/mol. The maximum Gasteiger partial charge on any atom is 0.289 e. The molecule has 5 rings (SSSR count). The third kappa shape index (κ3) is 8.64. The van der Waals surface area contributed by atoms with Gasteiger partial charge < -0.3 is 26.2 Å². The fraction of sp³-hybridized carbons (Fsp3) is 0.722. The van der Waals surface area contributed by atoms with Gasteiger partial charge in [0.1, 0.15) is 23.8 Å². The second-order valence-electron chi connectivity index (χ2n) is 15.6. The van der Waals surface area contributed by atoms with E-state index in [4.69, 9.17) is 0 Å². The molecule has 0 radical (unpaired) electrons. The summed E-state index contributed by atoms with van der Waals surface area (Å²) >= 11 is 0. The molecule has 268 valence electrons. The highest BCUT2D eigenvalue weighted by atomic mass is 16.2. The van der Waals surface area contributed by atoms with Crippen molar-refractivity contribution in [2.24, 2.45) is 17.3 Å². The molecule has 13 heteroatoms. The van der Waals surface area contributed by atoms with E-state index in [9.17, 15) is 28.8 Å². The number of amides is 5. The summed E-state index contributed by atoms with van der Waals surface area (Å²) in [6, 6.07) is -3.79. The first-order valence-electron chi connectivity index (χ1n) is 18.2. The molecular formula is C36H53N7O6. The Morgan fingerprint density at radius 2 is 1.61 bits per heavy atom. The first-order valence-corrected chi connectivity index (χ1v) is 18.2. The molecule has 1 aliphatic heterocycles. The molecule has 0 unspecified atom stereocenters. The van der Waals surface area contributed by atoms with E-state index in [1.54, 1.807) is 18.0 Å². The van der Waals surface area contributed by atoms with Crippen LogP contribution >= 0.6 is 0 Å². The zero-order valence-electron chi connectivity index (χ0n) is 29.5. The number of ketones is 1. The number of fused-ring (bicyclic) bond motifs is 1. The van der Waals surface area contributed by atoms with Crippen molar-refractivity contribution >= 4 is 35.3 Å². The van der Waals surface area contributed by atoms with Crippen LogP contribution in [0, 0.1) is 17.3 Å². The molecule has 0 bridgehead atoms. The molecule has 3 saturated carbocycles. The Morgan fingerprint density at radius 3 is 2.22 bits per heavy atom. The molecule has 5 amide bonds. The van der Waals surface area contributed by atoms with Crippen molar-refractivity contribution < 1.29 is 28.8 Å². The molecule has 4 aliphatic rings. The van der Waals surface area contributed by atoms with Crippen LogP contribution in [0.2, 0.25) is 0 Å². The molecule has 1 aromatic rings. The molecule has 49 heavy (non-hydrogen) atoms. The minimum absolute atomic E-state index is 0.0127. The Labute approximate surface area is 288 Å². The van der Waals surface area contributed by atoms with Gasteiger partial charge in [-0.3, -0.25) is 33.8 Å². The Balaban J connectivity index is 1.26. The van der Waals surface area contributed by atoms with Gasteiger partial charge in [0.15, 0.2) is 0 Å². The highest BCUT2D eigenvalue weighted by molar-refractivity contribution is 6.38. The zero-order valence-corrected chi connectivity index (χ0v) is 29.5. The summed E-state index contributed by atoms with van der Waals surface area (Å²) in [6.45, 7) is 9.28. The van der Waals surface area contributed by atoms with Crippen LogP contribution in [0.3, 0.4) is 0 Å². The van der Waals surface area contributed by atoms with Crippen LogP contribution < -0.4 is 21.3 Å². The minimum Gasteiger partial charge on any atom is -0.347 e. The van der Waals surface area contributed by atoms with Crippen LogP contribution in [0.25, 0.3) is 0 Å². The van der Waals surface area contributed by atoms with Crippen molar-refractivity contribution in [1.82, 2.24) is 36.1 Å². The standard InChI is InChI=1S/C36H53N7O6/c1-6-10-25(29(44)34(48)40-23-15-16-23)41-33(47)28-24-14-9-13-22(24)19-43(28)35(49)30(36(3,4)5)42-31(45)20(2)39-32(46)27-18-37-26(17-38-27)21-11-7-8-12-21/h17-18,20-25,28,30H,6-16,19H2,1-5H3,(H,39,46)(H,40,48)(H,41,47)(H,42,45)/t20-,22-,24-,25+,28-,30+/m0/s1. The molecule has 0 spiro atoms. The van der Waals surface area contributed by atoms with Crippen molar-refractivity contribution in [1.29, 1.82) is 0 Å². The molecule has 13 nitrogen and oxygen atoms in total. The molecule has 6 atom stereocenters. The number of rotatable bonds is 13. The Bertz CT molecular complexity index is 1420. The fourth-order valence-electron chi connectivity index (χ4n) is 7.63. The van der Waals surface area contributed by atoms with Gasteiger partial charge in [-0.2, -0.15) is 0 Å². The molecular weight excluding hydrogens is 626 g/mol. The van der Waals surface area contributed by atoms with Gasteiger partial charge in [-0.05, 0) is 69.1 Å². The second-order valence-corrected chi connectivity index (χ2v) is 15.6. The van der Waals surface area contributed by atoms with Crippen molar-refractivity contribution in [2.45, 2.75) is 141 Å². The molecule has 1 saturated heterocycles. The van der Waals surface area contributed by atoms with Crippen molar-refractivity contribution in [3.63, 3.8) is 0 Å². The van der Waals surface area contributed by atoms with Gasteiger partial charge in [-0.1, -0.05) is 53.4 Å². The minimum atomic E-state index is -1.00. The van der Waals surface area contributed by atoms with E-state index in [2.05, 4.69) is 31.2 Å². The van der Waals surface area contributed by atoms with Gasteiger partial charge >= 0.3 is 0 Å². The lowest BCUT2D eigenvalue weighted by Crippen LogP contribution is -2.61. The third-order valence-electron chi connectivity index (χ3n) is 10.6. The predicted molar refractivity (Wildman–Crippen MR) is 181 cm³/mol. The lowest BCUT2D eigenvalue weighted by Gasteiger charge is -2.37. The molecule has 4 fully saturated rings. The van der Waals surface area contributed by atoms with E-state index < -0.39 is 64.9 Å². The SMILES string of the molecule is CCC[C@@H](NC(=O)[C@@H]1[C@H]2CCC[C@H]2CN1C(=O)[C@@H](NC(=O)[C@H](C)NC(=O)c1cnc(C2CCCC2)cn1)C(C)(C)C)C(=O)C(=O)NC1CC1. The van der Waals surface area contributed by atoms with Gasteiger partial charge in [0.2, 0.25) is 23.5 Å². The van der Waals surface area contributed by atoms with Crippen molar-refractivity contribution in [2.75, 3.05) is 6.54 Å². The van der Waals surface area contributed by atoms with Gasteiger partial charge in [-0.15, -0.1) is 0 Å². The summed E-state index contributed by atoms with van der Waals surface area (Å²) in [6.07, 6.45) is 12.6.